The molecule has 6 nitrogen and oxygen atoms in total. The number of carbonyl (C=O) groups excluding carboxylic acids is 1. The topological polar surface area (TPSA) is 86.1 Å². The van der Waals surface area contributed by atoms with Crippen molar-refractivity contribution < 1.29 is 9.32 Å². The van der Waals surface area contributed by atoms with E-state index >= 15 is 0 Å². The Morgan fingerprint density at radius 3 is 2.60 bits per heavy atom. The fraction of sp³-hybridized carbons (Fsp3) is 0.263. The zero-order valence-electron chi connectivity index (χ0n) is 14.6. The lowest BCUT2D eigenvalue weighted by Gasteiger charge is -2.13. The standard InChI is InChI=1S/C19H22N4O2/c1-12-9-16(14(3)23(12)18-10-13(2)25-22-18)19(24)21-11-17(20)15-7-5-4-6-8-15/h4-10,17H,11,20H2,1-3H3,(H,21,24). The van der Waals surface area contributed by atoms with Gasteiger partial charge < -0.3 is 15.6 Å². The lowest BCUT2D eigenvalue weighted by atomic mass is 10.1. The molecule has 0 bridgehead atoms. The molecule has 1 aromatic carbocycles. The van der Waals surface area contributed by atoms with Crippen molar-refractivity contribution in [3.05, 3.63) is 70.7 Å². The molecule has 2 heterocycles. The van der Waals surface area contributed by atoms with Gasteiger partial charge in [0.25, 0.3) is 5.91 Å². The second-order valence-electron chi connectivity index (χ2n) is 6.14. The first-order valence-corrected chi connectivity index (χ1v) is 8.18. The molecule has 3 N–H and O–H groups in total. The fourth-order valence-corrected chi connectivity index (χ4v) is 2.92. The van der Waals surface area contributed by atoms with Gasteiger partial charge >= 0.3 is 0 Å². The molecule has 0 aliphatic carbocycles. The number of hydrogen-bond donors (Lipinski definition) is 2. The van der Waals surface area contributed by atoms with Crippen LogP contribution in [0.3, 0.4) is 0 Å². The molecule has 0 saturated heterocycles. The second kappa shape index (κ2) is 6.94. The summed E-state index contributed by atoms with van der Waals surface area (Å²) < 4.78 is 7.04. The molecule has 6 heteroatoms. The molecule has 3 aromatic rings. The fourth-order valence-electron chi connectivity index (χ4n) is 2.92. The van der Waals surface area contributed by atoms with Crippen LogP contribution in [0.2, 0.25) is 0 Å². The Labute approximate surface area is 146 Å². The third-order valence-electron chi connectivity index (χ3n) is 4.23. The van der Waals surface area contributed by atoms with Crippen molar-refractivity contribution in [2.75, 3.05) is 6.54 Å². The van der Waals surface area contributed by atoms with Crippen molar-refractivity contribution in [1.82, 2.24) is 15.0 Å². The van der Waals surface area contributed by atoms with E-state index in [1.54, 1.807) is 0 Å². The molecule has 0 radical (unpaired) electrons. The van der Waals surface area contributed by atoms with Gasteiger partial charge in [0.2, 0.25) is 0 Å². The molecule has 2 aromatic heterocycles. The summed E-state index contributed by atoms with van der Waals surface area (Å²) in [4.78, 5) is 12.6. The first-order chi connectivity index (χ1) is 12.0. The highest BCUT2D eigenvalue weighted by Crippen LogP contribution is 2.20. The van der Waals surface area contributed by atoms with Gasteiger partial charge in [-0.2, -0.15) is 0 Å². The molecular formula is C19H22N4O2. The number of aromatic nitrogens is 2. The minimum Gasteiger partial charge on any atom is -0.360 e. The minimum atomic E-state index is -0.244. The van der Waals surface area contributed by atoms with Gasteiger partial charge in [0.15, 0.2) is 5.82 Å². The van der Waals surface area contributed by atoms with Gasteiger partial charge in [-0.25, -0.2) is 0 Å². The highest BCUT2D eigenvalue weighted by molar-refractivity contribution is 5.95. The van der Waals surface area contributed by atoms with Gasteiger partial charge in [-0.15, -0.1) is 0 Å². The maximum Gasteiger partial charge on any atom is 0.253 e. The van der Waals surface area contributed by atoms with E-state index in [1.807, 2.05) is 67.8 Å². The molecule has 1 unspecified atom stereocenters. The van der Waals surface area contributed by atoms with Crippen LogP contribution in [-0.4, -0.2) is 22.2 Å². The number of nitrogens with zero attached hydrogens (tertiary/aromatic N) is 2. The predicted molar refractivity (Wildman–Crippen MR) is 95.7 cm³/mol. The Hall–Kier alpha value is -2.86. The Morgan fingerprint density at radius 2 is 1.96 bits per heavy atom. The number of hydrogen-bond acceptors (Lipinski definition) is 4. The van der Waals surface area contributed by atoms with E-state index < -0.39 is 0 Å². The van der Waals surface area contributed by atoms with Gasteiger partial charge in [0.1, 0.15) is 5.76 Å². The quantitative estimate of drug-likeness (QED) is 0.749. The summed E-state index contributed by atoms with van der Waals surface area (Å²) in [5.41, 5.74) is 9.48. The Kier molecular flexibility index (Phi) is 4.72. The summed E-state index contributed by atoms with van der Waals surface area (Å²) >= 11 is 0. The monoisotopic (exact) mass is 338 g/mol. The van der Waals surface area contributed by atoms with Crippen molar-refractivity contribution in [2.45, 2.75) is 26.8 Å². The minimum absolute atomic E-state index is 0.147. The van der Waals surface area contributed by atoms with Crippen LogP contribution in [0.25, 0.3) is 5.82 Å². The van der Waals surface area contributed by atoms with E-state index in [2.05, 4.69) is 10.5 Å². The lowest BCUT2D eigenvalue weighted by Crippen LogP contribution is -2.32. The normalized spacial score (nSPS) is 12.2. The van der Waals surface area contributed by atoms with E-state index in [1.165, 1.54) is 0 Å². The highest BCUT2D eigenvalue weighted by atomic mass is 16.5. The van der Waals surface area contributed by atoms with E-state index in [4.69, 9.17) is 10.3 Å². The summed E-state index contributed by atoms with van der Waals surface area (Å²) in [5, 5.41) is 6.94. The van der Waals surface area contributed by atoms with Crippen LogP contribution in [-0.2, 0) is 0 Å². The first-order valence-electron chi connectivity index (χ1n) is 8.18. The largest absolute Gasteiger partial charge is 0.360 e. The average molecular weight is 338 g/mol. The summed E-state index contributed by atoms with van der Waals surface area (Å²) in [6.07, 6.45) is 0. The van der Waals surface area contributed by atoms with Crippen molar-refractivity contribution in [3.8, 4) is 5.82 Å². The number of benzene rings is 1. The van der Waals surface area contributed by atoms with E-state index in [0.717, 1.165) is 22.7 Å². The van der Waals surface area contributed by atoms with Crippen LogP contribution in [0.15, 0.2) is 47.0 Å². The first kappa shape index (κ1) is 17.0. The van der Waals surface area contributed by atoms with Gasteiger partial charge in [-0.1, -0.05) is 35.5 Å². The average Bonchev–Trinajstić information content (AvgIpc) is 3.15. The van der Waals surface area contributed by atoms with Gasteiger partial charge in [-0.05, 0) is 32.4 Å². The number of carbonyl (C=O) groups is 1. The van der Waals surface area contributed by atoms with Crippen LogP contribution < -0.4 is 11.1 Å². The van der Waals surface area contributed by atoms with Crippen molar-refractivity contribution in [1.29, 1.82) is 0 Å². The van der Waals surface area contributed by atoms with Crippen LogP contribution >= 0.6 is 0 Å². The summed E-state index contributed by atoms with van der Waals surface area (Å²) in [6.45, 7) is 6.03. The van der Waals surface area contributed by atoms with Gasteiger partial charge in [0.05, 0.1) is 5.56 Å². The molecule has 1 amide bonds. The molecule has 25 heavy (non-hydrogen) atoms. The van der Waals surface area contributed by atoms with E-state index in [9.17, 15) is 4.79 Å². The van der Waals surface area contributed by atoms with Crippen LogP contribution in [0.5, 0.6) is 0 Å². The molecule has 1 atom stereocenters. The molecule has 0 aliphatic rings. The summed E-state index contributed by atoms with van der Waals surface area (Å²) in [7, 11) is 0. The molecule has 0 saturated carbocycles. The zero-order chi connectivity index (χ0) is 18.0. The maximum absolute atomic E-state index is 12.6. The molecule has 0 fully saturated rings. The van der Waals surface area contributed by atoms with Gasteiger partial charge in [0, 0.05) is 30.0 Å². The number of amides is 1. The highest BCUT2D eigenvalue weighted by Gasteiger charge is 2.19. The Balaban J connectivity index is 1.75. The second-order valence-corrected chi connectivity index (χ2v) is 6.14. The molecule has 130 valence electrons. The van der Waals surface area contributed by atoms with Gasteiger partial charge in [-0.3, -0.25) is 9.36 Å². The number of rotatable bonds is 5. The predicted octanol–water partition coefficient (Wildman–Crippen LogP) is 2.82. The van der Waals surface area contributed by atoms with Crippen LogP contribution in [0.4, 0.5) is 0 Å². The van der Waals surface area contributed by atoms with Crippen LogP contribution in [0, 0.1) is 20.8 Å². The lowest BCUT2D eigenvalue weighted by molar-refractivity contribution is 0.0950. The third kappa shape index (κ3) is 3.49. The van der Waals surface area contributed by atoms with Crippen molar-refractivity contribution in [2.24, 2.45) is 5.73 Å². The van der Waals surface area contributed by atoms with Crippen LogP contribution in [0.1, 0.15) is 39.1 Å². The number of nitrogens with two attached hydrogens (primary N) is 1. The molecule has 0 spiro atoms. The molecule has 0 aliphatic heterocycles. The molecule has 3 rings (SSSR count). The number of aryl methyl sites for hydroxylation is 2. The smallest absolute Gasteiger partial charge is 0.253 e. The zero-order valence-corrected chi connectivity index (χ0v) is 14.6. The van der Waals surface area contributed by atoms with E-state index in [-0.39, 0.29) is 11.9 Å². The Morgan fingerprint density at radius 1 is 1.24 bits per heavy atom. The summed E-state index contributed by atoms with van der Waals surface area (Å²) in [5.74, 6) is 1.25. The number of nitrogens with one attached hydrogen (secondary N) is 1. The maximum atomic E-state index is 12.6. The third-order valence-corrected chi connectivity index (χ3v) is 4.23. The summed E-state index contributed by atoms with van der Waals surface area (Å²) in [6, 6.07) is 13.2. The van der Waals surface area contributed by atoms with Crippen molar-refractivity contribution >= 4 is 5.91 Å². The Bertz CT molecular complexity index is 880. The SMILES string of the molecule is Cc1cc(-n2c(C)cc(C(=O)NCC(N)c3ccccc3)c2C)no1. The van der Waals surface area contributed by atoms with Crippen molar-refractivity contribution in [3.63, 3.8) is 0 Å². The van der Waals surface area contributed by atoms with E-state index in [0.29, 0.717) is 17.9 Å². The molecular weight excluding hydrogens is 316 g/mol.